The molecule has 0 aliphatic rings. The second-order valence-electron chi connectivity index (χ2n) is 12.9. The Hall–Kier alpha value is -6.44. The van der Waals surface area contributed by atoms with Crippen LogP contribution in [-0.4, -0.2) is 4.57 Å². The molecule has 0 N–H and O–H groups in total. The van der Waals surface area contributed by atoms with Gasteiger partial charge in [-0.25, -0.2) is 0 Å². The Bertz CT molecular complexity index is 2760. The highest BCUT2D eigenvalue weighted by molar-refractivity contribution is 6.19. The van der Waals surface area contributed by atoms with Crippen LogP contribution in [0, 0.1) is 0 Å². The quantitative estimate of drug-likeness (QED) is 0.160. The number of fused-ring (bicyclic) bond motifs is 6. The molecular weight excluding hydrogens is 603 g/mol. The Morgan fingerprint density at radius 2 is 1.12 bits per heavy atom. The second kappa shape index (κ2) is 12.2. The second-order valence-corrected chi connectivity index (χ2v) is 12.9. The molecule has 9 rings (SSSR count). The summed E-state index contributed by atoms with van der Waals surface area (Å²) in [5.74, 6) is 0. The van der Waals surface area contributed by atoms with Gasteiger partial charge in [-0.1, -0.05) is 158 Å². The highest BCUT2D eigenvalue weighted by Gasteiger charge is 2.17. The summed E-state index contributed by atoms with van der Waals surface area (Å²) in [5.41, 5.74) is 13.3. The Morgan fingerprint density at radius 1 is 0.480 bits per heavy atom. The lowest BCUT2D eigenvalue weighted by Crippen LogP contribution is -1.94. The van der Waals surface area contributed by atoms with E-state index in [1.165, 1.54) is 82.3 Å². The highest BCUT2D eigenvalue weighted by Crippen LogP contribution is 2.41. The van der Waals surface area contributed by atoms with E-state index in [2.05, 4.69) is 194 Å². The lowest BCUT2D eigenvalue weighted by Gasteiger charge is -2.14. The third-order valence-electron chi connectivity index (χ3n) is 10.1. The lowest BCUT2D eigenvalue weighted by molar-refractivity contribution is 1.19. The Labute approximate surface area is 292 Å². The van der Waals surface area contributed by atoms with Crippen LogP contribution in [0.3, 0.4) is 0 Å². The highest BCUT2D eigenvalue weighted by atomic mass is 15.0. The van der Waals surface area contributed by atoms with Gasteiger partial charge in [0.2, 0.25) is 0 Å². The third-order valence-corrected chi connectivity index (χ3v) is 10.1. The van der Waals surface area contributed by atoms with E-state index in [1.807, 2.05) is 6.08 Å². The van der Waals surface area contributed by atoms with Gasteiger partial charge in [-0.05, 0) is 97.9 Å². The largest absolute Gasteiger partial charge is 0.309 e. The van der Waals surface area contributed by atoms with Crippen LogP contribution in [0.15, 0.2) is 189 Å². The molecule has 236 valence electrons. The van der Waals surface area contributed by atoms with Crippen molar-refractivity contribution in [1.29, 1.82) is 0 Å². The van der Waals surface area contributed by atoms with Crippen molar-refractivity contribution in [2.45, 2.75) is 6.92 Å². The Morgan fingerprint density at radius 3 is 1.90 bits per heavy atom. The smallest absolute Gasteiger partial charge is 0.0619 e. The first-order chi connectivity index (χ1) is 24.7. The van der Waals surface area contributed by atoms with Crippen LogP contribution in [0.2, 0.25) is 0 Å². The van der Waals surface area contributed by atoms with Gasteiger partial charge >= 0.3 is 0 Å². The molecule has 50 heavy (non-hydrogen) atoms. The fourth-order valence-electron chi connectivity index (χ4n) is 7.72. The van der Waals surface area contributed by atoms with Gasteiger partial charge in [0.1, 0.15) is 0 Å². The standard InChI is InChI=1S/C49H35N/c1-3-33(4-2)41-28-29-42(45-21-12-11-20-44(41)45)38-23-25-43-39(31-38)24-27-47-46-26-22-37(32-48(46)50(49(43)47)40-18-9-6-10-19-40)36-17-13-16-35(30-36)34-14-7-5-8-15-34/h3-32H,1H2,2H3/b33-4+. The maximum atomic E-state index is 4.06. The summed E-state index contributed by atoms with van der Waals surface area (Å²) in [5, 5.41) is 7.45. The molecule has 0 radical (unpaired) electrons. The number of hydrogen-bond donors (Lipinski definition) is 0. The van der Waals surface area contributed by atoms with Crippen molar-refractivity contribution in [2.24, 2.45) is 0 Å². The minimum atomic E-state index is 1.15. The molecule has 0 saturated carbocycles. The van der Waals surface area contributed by atoms with E-state index in [4.69, 9.17) is 0 Å². The van der Waals surface area contributed by atoms with Crippen LogP contribution >= 0.6 is 0 Å². The lowest BCUT2D eigenvalue weighted by atomic mass is 9.91. The molecule has 8 aromatic carbocycles. The zero-order valence-corrected chi connectivity index (χ0v) is 28.0. The molecule has 0 spiro atoms. The van der Waals surface area contributed by atoms with Crippen LogP contribution in [-0.2, 0) is 0 Å². The summed E-state index contributed by atoms with van der Waals surface area (Å²) in [7, 11) is 0. The zero-order valence-electron chi connectivity index (χ0n) is 28.0. The van der Waals surface area contributed by atoms with Gasteiger partial charge in [-0.3, -0.25) is 0 Å². The van der Waals surface area contributed by atoms with Crippen LogP contribution in [0.4, 0.5) is 0 Å². The molecule has 0 saturated heterocycles. The van der Waals surface area contributed by atoms with Gasteiger partial charge < -0.3 is 4.57 Å². The first kappa shape index (κ1) is 29.7. The predicted octanol–water partition coefficient (Wildman–Crippen LogP) is 13.7. The number of nitrogens with zero attached hydrogens (tertiary/aromatic N) is 1. The van der Waals surface area contributed by atoms with Crippen molar-refractivity contribution in [2.75, 3.05) is 0 Å². The number of allylic oxidation sites excluding steroid dienone is 3. The molecule has 0 fully saturated rings. The maximum absolute atomic E-state index is 4.06. The Balaban J connectivity index is 1.25. The van der Waals surface area contributed by atoms with E-state index in [0.717, 1.165) is 11.3 Å². The Kier molecular flexibility index (Phi) is 7.25. The normalized spacial score (nSPS) is 11.9. The zero-order chi connectivity index (χ0) is 33.6. The molecule has 0 bridgehead atoms. The number of hydrogen-bond acceptors (Lipinski definition) is 0. The number of aromatic nitrogens is 1. The molecule has 0 atom stereocenters. The van der Waals surface area contributed by atoms with Crippen molar-refractivity contribution in [1.82, 2.24) is 4.57 Å². The third kappa shape index (κ3) is 4.86. The van der Waals surface area contributed by atoms with E-state index in [9.17, 15) is 0 Å². The minimum absolute atomic E-state index is 1.15. The monoisotopic (exact) mass is 637 g/mol. The molecule has 0 aliphatic carbocycles. The first-order valence-corrected chi connectivity index (χ1v) is 17.3. The molecular formula is C49H35N. The minimum Gasteiger partial charge on any atom is -0.309 e. The summed E-state index contributed by atoms with van der Waals surface area (Å²) in [4.78, 5) is 0. The average Bonchev–Trinajstić information content (AvgIpc) is 3.53. The first-order valence-electron chi connectivity index (χ1n) is 17.3. The van der Waals surface area contributed by atoms with Crippen molar-refractivity contribution in [3.05, 3.63) is 194 Å². The van der Waals surface area contributed by atoms with Crippen molar-refractivity contribution in [3.63, 3.8) is 0 Å². The number of benzene rings is 8. The van der Waals surface area contributed by atoms with Gasteiger partial charge in [0.15, 0.2) is 0 Å². The van der Waals surface area contributed by atoms with E-state index >= 15 is 0 Å². The van der Waals surface area contributed by atoms with Crippen LogP contribution in [0.1, 0.15) is 12.5 Å². The molecule has 0 aliphatic heterocycles. The predicted molar refractivity (Wildman–Crippen MR) is 216 cm³/mol. The summed E-state index contributed by atoms with van der Waals surface area (Å²) < 4.78 is 2.45. The van der Waals surface area contributed by atoms with Gasteiger partial charge in [0, 0.05) is 21.8 Å². The maximum Gasteiger partial charge on any atom is 0.0619 e. The van der Waals surface area contributed by atoms with E-state index in [-0.39, 0.29) is 0 Å². The number of rotatable bonds is 6. The van der Waals surface area contributed by atoms with E-state index < -0.39 is 0 Å². The van der Waals surface area contributed by atoms with Gasteiger partial charge in [0.25, 0.3) is 0 Å². The SMILES string of the molecule is C=C/C(=C\C)c1ccc(-c2ccc3c(ccc4c5ccc(-c6cccc(-c7ccccc7)c6)cc5n(-c5ccccc5)c34)c2)c2ccccc12. The van der Waals surface area contributed by atoms with Gasteiger partial charge in [-0.2, -0.15) is 0 Å². The average molecular weight is 638 g/mol. The summed E-state index contributed by atoms with van der Waals surface area (Å²) >= 11 is 0. The van der Waals surface area contributed by atoms with E-state index in [1.54, 1.807) is 0 Å². The molecule has 1 nitrogen and oxygen atoms in total. The van der Waals surface area contributed by atoms with Crippen LogP contribution in [0.25, 0.3) is 88.0 Å². The number of para-hydroxylation sites is 1. The topological polar surface area (TPSA) is 4.93 Å². The van der Waals surface area contributed by atoms with Gasteiger partial charge in [0.05, 0.1) is 11.0 Å². The van der Waals surface area contributed by atoms with Crippen molar-refractivity contribution in [3.8, 4) is 39.1 Å². The summed E-state index contributed by atoms with van der Waals surface area (Å²) in [6.07, 6.45) is 4.08. The summed E-state index contributed by atoms with van der Waals surface area (Å²) in [6.45, 7) is 6.14. The molecule has 1 heterocycles. The molecule has 1 heteroatoms. The molecule has 0 unspecified atom stereocenters. The summed E-state index contributed by atoms with van der Waals surface area (Å²) in [6, 6.07) is 62.0. The molecule has 0 amide bonds. The molecule has 1 aromatic heterocycles. The van der Waals surface area contributed by atoms with Crippen molar-refractivity contribution < 1.29 is 0 Å². The fraction of sp³-hybridized carbons (Fsp3) is 0.0204. The van der Waals surface area contributed by atoms with Crippen LogP contribution < -0.4 is 0 Å². The van der Waals surface area contributed by atoms with Crippen LogP contribution in [0.5, 0.6) is 0 Å². The van der Waals surface area contributed by atoms with E-state index in [0.29, 0.717) is 0 Å². The van der Waals surface area contributed by atoms with Gasteiger partial charge in [-0.15, -0.1) is 0 Å². The fourth-order valence-corrected chi connectivity index (χ4v) is 7.72. The van der Waals surface area contributed by atoms with Crippen molar-refractivity contribution >= 4 is 48.9 Å². The molecule has 9 aromatic rings.